The van der Waals surface area contributed by atoms with Crippen LogP contribution < -0.4 is 5.32 Å². The number of nitrogens with one attached hydrogen (secondary N) is 1. The molecule has 0 saturated carbocycles. The first-order valence-electron chi connectivity index (χ1n) is 6.62. The van der Waals surface area contributed by atoms with E-state index in [1.54, 1.807) is 20.8 Å². The number of nitrogens with zero attached hydrogens (tertiary/aromatic N) is 1. The second-order valence-electron chi connectivity index (χ2n) is 5.92. The third-order valence-electron chi connectivity index (χ3n) is 2.94. The number of esters is 1. The summed E-state index contributed by atoms with van der Waals surface area (Å²) in [5, 5.41) is 2.98. The summed E-state index contributed by atoms with van der Waals surface area (Å²) in [5.41, 5.74) is -1.58. The first kappa shape index (κ1) is 15.8. The van der Waals surface area contributed by atoms with Crippen molar-refractivity contribution in [2.45, 2.75) is 45.5 Å². The highest BCUT2D eigenvalue weighted by Crippen LogP contribution is 2.34. The molecule has 0 aromatic carbocycles. The Balaban J connectivity index is 2.49. The van der Waals surface area contributed by atoms with Gasteiger partial charge in [0.2, 0.25) is 0 Å². The summed E-state index contributed by atoms with van der Waals surface area (Å²) in [7, 11) is 0. The lowest BCUT2D eigenvalue weighted by Gasteiger charge is -2.23. The molecular weight excluding hydrogens is 285 g/mol. The van der Waals surface area contributed by atoms with Crippen LogP contribution in [0.1, 0.15) is 48.1 Å². The molecule has 4 nitrogen and oxygen atoms in total. The van der Waals surface area contributed by atoms with Gasteiger partial charge >= 0.3 is 12.1 Å². The molecule has 1 N–H and O–H groups in total. The Morgan fingerprint density at radius 2 is 2.00 bits per heavy atom. The van der Waals surface area contributed by atoms with Gasteiger partial charge in [-0.15, -0.1) is 0 Å². The van der Waals surface area contributed by atoms with Crippen molar-refractivity contribution in [3.63, 3.8) is 0 Å². The van der Waals surface area contributed by atoms with Gasteiger partial charge in [0.25, 0.3) is 0 Å². The van der Waals surface area contributed by atoms with E-state index in [1.807, 2.05) is 0 Å². The molecule has 116 valence electrons. The monoisotopic (exact) mass is 302 g/mol. The Kier molecular flexibility index (Phi) is 3.97. The van der Waals surface area contributed by atoms with Crippen molar-refractivity contribution in [3.05, 3.63) is 28.6 Å². The number of aromatic nitrogens is 1. The molecule has 7 heteroatoms. The quantitative estimate of drug-likeness (QED) is 0.810. The standard InChI is InChI=1S/C14H17F3N2O2/c1-13(2,3)21-12(20)11-9(14(15,16)17)6-8-7-18-5-4-10(8)19-11/h6,18H,4-5,7H2,1-3H3. The van der Waals surface area contributed by atoms with Crippen LogP contribution in [0.3, 0.4) is 0 Å². The van der Waals surface area contributed by atoms with E-state index in [-0.39, 0.29) is 0 Å². The third-order valence-corrected chi connectivity index (χ3v) is 2.94. The highest BCUT2D eigenvalue weighted by atomic mass is 19.4. The summed E-state index contributed by atoms with van der Waals surface area (Å²) < 4.78 is 44.5. The van der Waals surface area contributed by atoms with Gasteiger partial charge < -0.3 is 10.1 Å². The fourth-order valence-corrected chi connectivity index (χ4v) is 2.09. The molecule has 0 spiro atoms. The first-order chi connectivity index (χ1) is 9.58. The van der Waals surface area contributed by atoms with E-state index in [2.05, 4.69) is 10.3 Å². The maximum absolute atomic E-state index is 13.1. The smallest absolute Gasteiger partial charge is 0.418 e. The number of ether oxygens (including phenoxy) is 1. The molecule has 0 amide bonds. The molecule has 0 atom stereocenters. The summed E-state index contributed by atoms with van der Waals surface area (Å²) >= 11 is 0. The second-order valence-corrected chi connectivity index (χ2v) is 5.92. The maximum Gasteiger partial charge on any atom is 0.418 e. The fourth-order valence-electron chi connectivity index (χ4n) is 2.09. The number of carbonyl (C=O) groups excluding carboxylic acids is 1. The molecule has 0 unspecified atom stereocenters. The van der Waals surface area contributed by atoms with E-state index >= 15 is 0 Å². The second kappa shape index (κ2) is 5.29. The number of pyridine rings is 1. The highest BCUT2D eigenvalue weighted by molar-refractivity contribution is 5.89. The molecule has 2 heterocycles. The van der Waals surface area contributed by atoms with Crippen molar-refractivity contribution in [2.24, 2.45) is 0 Å². The number of alkyl halides is 3. The summed E-state index contributed by atoms with van der Waals surface area (Å²) in [6.07, 6.45) is -4.16. The highest BCUT2D eigenvalue weighted by Gasteiger charge is 2.38. The van der Waals surface area contributed by atoms with Crippen LogP contribution in [-0.4, -0.2) is 23.1 Å². The van der Waals surface area contributed by atoms with Gasteiger partial charge in [-0.1, -0.05) is 0 Å². The maximum atomic E-state index is 13.1. The molecule has 0 bridgehead atoms. The molecule has 0 radical (unpaired) electrons. The Labute approximate surface area is 120 Å². The zero-order chi connectivity index (χ0) is 15.8. The van der Waals surface area contributed by atoms with E-state index in [0.29, 0.717) is 30.8 Å². The molecule has 1 aromatic heterocycles. The van der Waals surface area contributed by atoms with Crippen LogP contribution >= 0.6 is 0 Å². The van der Waals surface area contributed by atoms with Gasteiger partial charge in [-0.05, 0) is 32.4 Å². The zero-order valence-electron chi connectivity index (χ0n) is 12.1. The van der Waals surface area contributed by atoms with Crippen molar-refractivity contribution in [2.75, 3.05) is 6.54 Å². The van der Waals surface area contributed by atoms with E-state index in [9.17, 15) is 18.0 Å². The van der Waals surface area contributed by atoms with Crippen LogP contribution in [0.4, 0.5) is 13.2 Å². The first-order valence-corrected chi connectivity index (χ1v) is 6.62. The van der Waals surface area contributed by atoms with Crippen LogP contribution in [0.15, 0.2) is 6.07 Å². The van der Waals surface area contributed by atoms with Gasteiger partial charge in [0.15, 0.2) is 5.69 Å². The SMILES string of the molecule is CC(C)(C)OC(=O)c1nc2c(cc1C(F)(F)F)CNCC2. The van der Waals surface area contributed by atoms with Crippen LogP contribution in [0, 0.1) is 0 Å². The number of halogens is 3. The largest absolute Gasteiger partial charge is 0.455 e. The van der Waals surface area contributed by atoms with Gasteiger partial charge in [0, 0.05) is 25.2 Å². The van der Waals surface area contributed by atoms with Crippen LogP contribution in [0.25, 0.3) is 0 Å². The van der Waals surface area contributed by atoms with Crippen molar-refractivity contribution in [3.8, 4) is 0 Å². The van der Waals surface area contributed by atoms with Gasteiger partial charge in [0.05, 0.1) is 5.56 Å². The van der Waals surface area contributed by atoms with Gasteiger partial charge in [-0.25, -0.2) is 9.78 Å². The molecule has 0 aliphatic carbocycles. The lowest BCUT2D eigenvalue weighted by molar-refractivity contribution is -0.138. The van der Waals surface area contributed by atoms with Crippen LogP contribution in [-0.2, 0) is 23.9 Å². The van der Waals surface area contributed by atoms with Gasteiger partial charge in [-0.2, -0.15) is 13.2 Å². The Morgan fingerprint density at radius 3 is 2.57 bits per heavy atom. The van der Waals surface area contributed by atoms with E-state index < -0.39 is 29.0 Å². The minimum Gasteiger partial charge on any atom is -0.455 e. The molecule has 1 aliphatic rings. The minimum absolute atomic E-state index is 0.319. The van der Waals surface area contributed by atoms with Crippen molar-refractivity contribution in [1.82, 2.24) is 10.3 Å². The molecule has 0 fully saturated rings. The molecule has 0 saturated heterocycles. The molecular formula is C14H17F3N2O2. The van der Waals surface area contributed by atoms with Gasteiger partial charge in [-0.3, -0.25) is 0 Å². The Hall–Kier alpha value is -1.63. The minimum atomic E-state index is -4.65. The average Bonchev–Trinajstić information content (AvgIpc) is 2.34. The summed E-state index contributed by atoms with van der Waals surface area (Å²) in [5.74, 6) is -1.05. The lowest BCUT2D eigenvalue weighted by atomic mass is 10.0. The van der Waals surface area contributed by atoms with Crippen LogP contribution in [0.5, 0.6) is 0 Å². The number of rotatable bonds is 1. The Bertz CT molecular complexity index is 563. The van der Waals surface area contributed by atoms with Crippen molar-refractivity contribution >= 4 is 5.97 Å². The molecule has 2 rings (SSSR count). The zero-order valence-corrected chi connectivity index (χ0v) is 12.1. The molecule has 1 aromatic rings. The predicted molar refractivity (Wildman–Crippen MR) is 69.8 cm³/mol. The van der Waals surface area contributed by atoms with Crippen LogP contribution in [0.2, 0.25) is 0 Å². The predicted octanol–water partition coefficient (Wildman–Crippen LogP) is 2.70. The van der Waals surface area contributed by atoms with Gasteiger partial charge in [0.1, 0.15) is 5.60 Å². The lowest BCUT2D eigenvalue weighted by Crippen LogP contribution is -2.30. The van der Waals surface area contributed by atoms with E-state index in [0.717, 1.165) is 6.07 Å². The van der Waals surface area contributed by atoms with E-state index in [4.69, 9.17) is 4.74 Å². The molecule has 21 heavy (non-hydrogen) atoms. The number of fused-ring (bicyclic) bond motifs is 1. The summed E-state index contributed by atoms with van der Waals surface area (Å²) in [4.78, 5) is 15.9. The average molecular weight is 302 g/mol. The van der Waals surface area contributed by atoms with Crippen molar-refractivity contribution < 1.29 is 22.7 Å². The number of hydrogen-bond acceptors (Lipinski definition) is 4. The van der Waals surface area contributed by atoms with E-state index in [1.165, 1.54) is 0 Å². The topological polar surface area (TPSA) is 51.2 Å². The molecule has 1 aliphatic heterocycles. The Morgan fingerprint density at radius 1 is 1.33 bits per heavy atom. The summed E-state index contributed by atoms with van der Waals surface area (Å²) in [6, 6.07) is 0.994. The van der Waals surface area contributed by atoms with Crippen molar-refractivity contribution in [1.29, 1.82) is 0 Å². The number of hydrogen-bond donors (Lipinski definition) is 1. The normalized spacial score (nSPS) is 15.5. The fraction of sp³-hybridized carbons (Fsp3) is 0.571. The summed E-state index contributed by atoms with van der Waals surface area (Å²) in [6.45, 7) is 5.74. The third kappa shape index (κ3) is 3.72. The number of carbonyl (C=O) groups is 1.